The lowest BCUT2D eigenvalue weighted by Crippen LogP contribution is -2.46. The third kappa shape index (κ3) is 4.24. The number of nitrogens with zero attached hydrogens (tertiary/aromatic N) is 1. The van der Waals surface area contributed by atoms with Gasteiger partial charge in [0.05, 0.1) is 0 Å². The van der Waals surface area contributed by atoms with Gasteiger partial charge in [0.15, 0.2) is 11.5 Å². The molecule has 1 aromatic carbocycles. The average molecular weight is 334 g/mol. The van der Waals surface area contributed by atoms with Crippen molar-refractivity contribution < 1.29 is 19.0 Å². The molecule has 24 heavy (non-hydrogen) atoms. The smallest absolute Gasteiger partial charge is 0.410 e. The molecule has 1 amide bonds. The summed E-state index contributed by atoms with van der Waals surface area (Å²) in [5.74, 6) is 1.55. The first-order valence-corrected chi connectivity index (χ1v) is 8.55. The minimum atomic E-state index is -0.465. The summed E-state index contributed by atoms with van der Waals surface area (Å²) in [6.07, 6.45) is 1.74. The molecular formula is C18H26N2O4. The third-order valence-electron chi connectivity index (χ3n) is 3.99. The normalized spacial score (nSPS) is 20.5. The van der Waals surface area contributed by atoms with E-state index in [1.165, 1.54) is 0 Å². The molecule has 1 saturated heterocycles. The van der Waals surface area contributed by atoms with Gasteiger partial charge < -0.3 is 24.4 Å². The summed E-state index contributed by atoms with van der Waals surface area (Å²) in [5, 5.41) is 3.49. The molecule has 0 aromatic heterocycles. The van der Waals surface area contributed by atoms with Crippen LogP contribution in [0.1, 0.15) is 33.6 Å². The van der Waals surface area contributed by atoms with Crippen LogP contribution in [0.3, 0.4) is 0 Å². The van der Waals surface area contributed by atoms with E-state index in [2.05, 4.69) is 5.32 Å². The lowest BCUT2D eigenvalue weighted by Gasteiger charge is -2.35. The number of hydrogen-bond acceptors (Lipinski definition) is 5. The highest BCUT2D eigenvalue weighted by atomic mass is 16.6. The molecule has 0 spiro atoms. The van der Waals surface area contributed by atoms with Crippen molar-refractivity contribution in [3.05, 3.63) is 18.2 Å². The number of rotatable bonds is 2. The molecule has 0 saturated carbocycles. The monoisotopic (exact) mass is 334 g/mol. The van der Waals surface area contributed by atoms with Gasteiger partial charge in [0.2, 0.25) is 0 Å². The van der Waals surface area contributed by atoms with Crippen molar-refractivity contribution in [3.8, 4) is 11.5 Å². The van der Waals surface area contributed by atoms with Crippen LogP contribution in [0.4, 0.5) is 10.5 Å². The minimum Gasteiger partial charge on any atom is -0.486 e. The second kappa shape index (κ2) is 6.79. The molecule has 1 atom stereocenters. The van der Waals surface area contributed by atoms with E-state index in [0.29, 0.717) is 19.8 Å². The Morgan fingerprint density at radius 1 is 1.25 bits per heavy atom. The highest BCUT2D eigenvalue weighted by Gasteiger charge is 2.27. The summed E-state index contributed by atoms with van der Waals surface area (Å²) in [6, 6.07) is 6.07. The summed E-state index contributed by atoms with van der Waals surface area (Å²) in [5.41, 5.74) is 0.517. The average Bonchev–Trinajstić information content (AvgIpc) is 2.53. The second-order valence-electron chi connectivity index (χ2n) is 7.27. The van der Waals surface area contributed by atoms with Gasteiger partial charge in [-0.1, -0.05) is 0 Å². The number of carbonyl (C=O) groups is 1. The van der Waals surface area contributed by atoms with E-state index >= 15 is 0 Å². The van der Waals surface area contributed by atoms with Gasteiger partial charge in [-0.15, -0.1) is 0 Å². The van der Waals surface area contributed by atoms with Crippen LogP contribution in [0.15, 0.2) is 18.2 Å². The quantitative estimate of drug-likeness (QED) is 0.899. The Labute approximate surface area is 143 Å². The molecule has 3 rings (SSSR count). The summed E-state index contributed by atoms with van der Waals surface area (Å²) >= 11 is 0. The molecule has 2 heterocycles. The minimum absolute atomic E-state index is 0.203. The highest BCUT2D eigenvalue weighted by Crippen LogP contribution is 2.33. The largest absolute Gasteiger partial charge is 0.486 e. The Hall–Kier alpha value is -2.11. The van der Waals surface area contributed by atoms with Gasteiger partial charge in [0, 0.05) is 30.9 Å². The second-order valence-corrected chi connectivity index (χ2v) is 7.27. The first kappa shape index (κ1) is 16.7. The fraction of sp³-hybridized carbons (Fsp3) is 0.611. The number of nitrogens with one attached hydrogen (secondary N) is 1. The third-order valence-corrected chi connectivity index (χ3v) is 3.99. The SMILES string of the molecule is CC(C)(C)OC(=O)N1CCCC(Nc2ccc3c(c2)OCCO3)C1. The van der Waals surface area contributed by atoms with Crippen LogP contribution in [-0.2, 0) is 4.74 Å². The Morgan fingerprint density at radius 2 is 2.00 bits per heavy atom. The molecule has 132 valence electrons. The summed E-state index contributed by atoms with van der Waals surface area (Å²) in [6.45, 7) is 8.22. The first-order valence-electron chi connectivity index (χ1n) is 8.55. The first-order chi connectivity index (χ1) is 11.4. The maximum absolute atomic E-state index is 12.2. The molecule has 1 aromatic rings. The van der Waals surface area contributed by atoms with E-state index in [4.69, 9.17) is 14.2 Å². The molecule has 1 fully saturated rings. The van der Waals surface area contributed by atoms with Gasteiger partial charge in [-0.3, -0.25) is 0 Å². The number of piperidine rings is 1. The van der Waals surface area contributed by atoms with Crippen molar-refractivity contribution in [3.63, 3.8) is 0 Å². The Balaban J connectivity index is 1.60. The van der Waals surface area contributed by atoms with E-state index in [-0.39, 0.29) is 12.1 Å². The van der Waals surface area contributed by atoms with Crippen molar-refractivity contribution in [2.75, 3.05) is 31.6 Å². The van der Waals surface area contributed by atoms with Crippen LogP contribution in [-0.4, -0.2) is 48.9 Å². The van der Waals surface area contributed by atoms with Crippen LogP contribution < -0.4 is 14.8 Å². The van der Waals surface area contributed by atoms with Gasteiger partial charge in [-0.05, 0) is 45.7 Å². The fourth-order valence-electron chi connectivity index (χ4n) is 2.96. The molecule has 0 bridgehead atoms. The summed E-state index contributed by atoms with van der Waals surface area (Å²) in [7, 11) is 0. The van der Waals surface area contributed by atoms with Gasteiger partial charge in [0.1, 0.15) is 18.8 Å². The topological polar surface area (TPSA) is 60.0 Å². The zero-order valence-electron chi connectivity index (χ0n) is 14.6. The number of amides is 1. The Morgan fingerprint density at radius 3 is 2.75 bits per heavy atom. The highest BCUT2D eigenvalue weighted by molar-refractivity contribution is 5.68. The molecule has 2 aliphatic heterocycles. The van der Waals surface area contributed by atoms with Gasteiger partial charge in [0.25, 0.3) is 0 Å². The predicted octanol–water partition coefficient (Wildman–Crippen LogP) is 3.27. The molecule has 0 aliphatic carbocycles. The van der Waals surface area contributed by atoms with Crippen molar-refractivity contribution in [2.24, 2.45) is 0 Å². The van der Waals surface area contributed by atoms with Gasteiger partial charge in [-0.25, -0.2) is 4.79 Å². The number of fused-ring (bicyclic) bond motifs is 1. The number of carbonyl (C=O) groups excluding carboxylic acids is 1. The van der Waals surface area contributed by atoms with E-state index in [0.717, 1.165) is 36.6 Å². The van der Waals surface area contributed by atoms with E-state index in [1.54, 1.807) is 4.90 Å². The number of hydrogen-bond donors (Lipinski definition) is 1. The molecule has 2 aliphatic rings. The molecule has 1 N–H and O–H groups in total. The summed E-state index contributed by atoms with van der Waals surface area (Å²) in [4.78, 5) is 14.0. The predicted molar refractivity (Wildman–Crippen MR) is 91.9 cm³/mol. The van der Waals surface area contributed by atoms with Crippen molar-refractivity contribution in [1.82, 2.24) is 4.90 Å². The number of anilines is 1. The molecule has 6 heteroatoms. The molecule has 1 unspecified atom stereocenters. The van der Waals surface area contributed by atoms with Crippen molar-refractivity contribution in [2.45, 2.75) is 45.3 Å². The van der Waals surface area contributed by atoms with Crippen LogP contribution in [0.25, 0.3) is 0 Å². The summed E-state index contributed by atoms with van der Waals surface area (Å²) < 4.78 is 16.6. The molecule has 6 nitrogen and oxygen atoms in total. The zero-order valence-corrected chi connectivity index (χ0v) is 14.6. The van der Waals surface area contributed by atoms with E-state index in [9.17, 15) is 4.79 Å². The van der Waals surface area contributed by atoms with Crippen LogP contribution in [0, 0.1) is 0 Å². The zero-order chi connectivity index (χ0) is 17.2. The standard InChI is InChI=1S/C18H26N2O4/c1-18(2,3)24-17(21)20-8-4-5-14(12-20)19-13-6-7-15-16(11-13)23-10-9-22-15/h6-7,11,14,19H,4-5,8-10,12H2,1-3H3. The van der Waals surface area contributed by atoms with Gasteiger partial charge >= 0.3 is 6.09 Å². The lowest BCUT2D eigenvalue weighted by molar-refractivity contribution is 0.0206. The number of benzene rings is 1. The van der Waals surface area contributed by atoms with Crippen LogP contribution in [0.5, 0.6) is 11.5 Å². The Bertz CT molecular complexity index is 597. The fourth-order valence-corrected chi connectivity index (χ4v) is 2.96. The van der Waals surface area contributed by atoms with Crippen LogP contribution >= 0.6 is 0 Å². The van der Waals surface area contributed by atoms with Crippen LogP contribution in [0.2, 0.25) is 0 Å². The molecule has 0 radical (unpaired) electrons. The maximum atomic E-state index is 12.2. The maximum Gasteiger partial charge on any atom is 0.410 e. The van der Waals surface area contributed by atoms with E-state index < -0.39 is 5.60 Å². The number of ether oxygens (including phenoxy) is 3. The van der Waals surface area contributed by atoms with Crippen molar-refractivity contribution >= 4 is 11.8 Å². The lowest BCUT2D eigenvalue weighted by atomic mass is 10.1. The number of likely N-dealkylation sites (tertiary alicyclic amines) is 1. The van der Waals surface area contributed by atoms with Gasteiger partial charge in [-0.2, -0.15) is 0 Å². The van der Waals surface area contributed by atoms with Crippen molar-refractivity contribution in [1.29, 1.82) is 0 Å². The Kier molecular flexibility index (Phi) is 4.73. The van der Waals surface area contributed by atoms with E-state index in [1.807, 2.05) is 39.0 Å². The molecular weight excluding hydrogens is 308 g/mol.